The maximum absolute atomic E-state index is 9.10. The second-order valence-electron chi connectivity index (χ2n) is 13.4. The molecular weight excluding hydrogens is 669 g/mol. The van der Waals surface area contributed by atoms with Crippen molar-refractivity contribution in [3.8, 4) is 73.2 Å². The smallest absolute Gasteiger partial charge is 0.164 e. The first-order valence-corrected chi connectivity index (χ1v) is 18.2. The highest BCUT2D eigenvalue weighted by atomic mass is 15.0. The molecule has 0 unspecified atom stereocenters. The number of para-hydroxylation sites is 1. The van der Waals surface area contributed by atoms with Crippen LogP contribution in [-0.4, -0.2) is 19.5 Å². The third kappa shape index (κ3) is 6.16. The summed E-state index contributed by atoms with van der Waals surface area (Å²) in [6.07, 6.45) is 0. The van der Waals surface area contributed by atoms with Gasteiger partial charge in [0.25, 0.3) is 0 Å². The van der Waals surface area contributed by atoms with Gasteiger partial charge in [0.2, 0.25) is 0 Å². The third-order valence-electron chi connectivity index (χ3n) is 10.0. The highest BCUT2D eigenvalue weighted by Gasteiger charge is 2.16. The van der Waals surface area contributed by atoms with E-state index in [0.29, 0.717) is 28.4 Å². The maximum atomic E-state index is 9.10. The molecule has 0 bridgehead atoms. The summed E-state index contributed by atoms with van der Waals surface area (Å²) in [4.78, 5) is 14.9. The van der Waals surface area contributed by atoms with Crippen LogP contribution in [0.3, 0.4) is 0 Å². The van der Waals surface area contributed by atoms with E-state index < -0.39 is 0 Å². The summed E-state index contributed by atoms with van der Waals surface area (Å²) in [5, 5.41) is 1.22. The van der Waals surface area contributed by atoms with Gasteiger partial charge in [-0.2, -0.15) is 0 Å². The lowest BCUT2D eigenvalue weighted by Crippen LogP contribution is -2.00. The summed E-state index contributed by atoms with van der Waals surface area (Å²) in [6, 6.07) is 60.2. The number of hydrogen-bond donors (Lipinski definition) is 0. The Hall–Kier alpha value is -7.43. The van der Waals surface area contributed by atoms with E-state index in [4.69, 9.17) is 20.4 Å². The van der Waals surface area contributed by atoms with Gasteiger partial charge in [0.1, 0.15) is 0 Å². The molecule has 10 aromatic rings. The number of hydrogen-bond acceptors (Lipinski definition) is 3. The van der Waals surface area contributed by atoms with E-state index >= 15 is 0 Å². The van der Waals surface area contributed by atoms with E-state index in [9.17, 15) is 0 Å². The number of aromatic nitrogens is 4. The number of rotatable bonds is 7. The molecule has 2 heterocycles. The molecule has 0 atom stereocenters. The van der Waals surface area contributed by atoms with Crippen LogP contribution in [0, 0.1) is 0 Å². The standard InChI is InChI=1S/C51H34N4/c1-4-13-35(14-5-1)37-23-25-39(26-24-37)50-52-49(38-17-8-3-9-18-38)53-51(54-50)40-27-30-44(31-28-40)55-47-22-11-10-21-45(47)46-32-29-43(34-48(46)55)42-20-12-19-41(33-42)36-15-6-2-7-16-36/h1-34H/i10D,11D,21D,22D. The highest BCUT2D eigenvalue weighted by Crippen LogP contribution is 2.36. The first-order chi connectivity index (χ1) is 28.9. The van der Waals surface area contributed by atoms with Crippen LogP contribution in [0.2, 0.25) is 0 Å². The summed E-state index contributed by atoms with van der Waals surface area (Å²) in [5.41, 5.74) is 10.9. The van der Waals surface area contributed by atoms with Crippen LogP contribution in [0.5, 0.6) is 0 Å². The zero-order valence-electron chi connectivity index (χ0n) is 33.6. The largest absolute Gasteiger partial charge is 0.309 e. The Kier molecular flexibility index (Phi) is 7.08. The average molecular weight is 707 g/mol. The number of fused-ring (bicyclic) bond motifs is 3. The minimum atomic E-state index is -0.276. The summed E-state index contributed by atoms with van der Waals surface area (Å²) in [6.45, 7) is 0. The molecule has 0 saturated carbocycles. The van der Waals surface area contributed by atoms with Crippen LogP contribution in [-0.2, 0) is 0 Å². The molecule has 0 fully saturated rings. The molecule has 2 aromatic heterocycles. The average Bonchev–Trinajstić information content (AvgIpc) is 3.66. The van der Waals surface area contributed by atoms with Gasteiger partial charge < -0.3 is 4.57 Å². The fraction of sp³-hybridized carbons (Fsp3) is 0. The van der Waals surface area contributed by atoms with Crippen molar-refractivity contribution in [3.63, 3.8) is 0 Å². The van der Waals surface area contributed by atoms with Gasteiger partial charge in [0, 0.05) is 33.2 Å². The maximum Gasteiger partial charge on any atom is 0.164 e. The van der Waals surface area contributed by atoms with Crippen LogP contribution in [0.1, 0.15) is 5.48 Å². The molecule has 258 valence electrons. The lowest BCUT2D eigenvalue weighted by molar-refractivity contribution is 1.07. The lowest BCUT2D eigenvalue weighted by atomic mass is 9.98. The van der Waals surface area contributed by atoms with E-state index in [1.807, 2.05) is 126 Å². The van der Waals surface area contributed by atoms with Crippen LogP contribution in [0.25, 0.3) is 95.0 Å². The molecule has 0 aliphatic carbocycles. The van der Waals surface area contributed by atoms with Crippen LogP contribution >= 0.6 is 0 Å². The molecule has 10 rings (SSSR count). The Balaban J connectivity index is 1.10. The SMILES string of the molecule is [2H]c1c([2H])c([2H])c2c(c1[2H])c1ccc(-c3cccc(-c4ccccc4)c3)cc1n2-c1ccc(-c2nc(-c3ccccc3)nc(-c3ccc(-c4ccccc4)cc3)n2)cc1. The van der Waals surface area contributed by atoms with Crippen molar-refractivity contribution in [2.45, 2.75) is 0 Å². The zero-order chi connectivity index (χ0) is 40.0. The molecule has 0 amide bonds. The van der Waals surface area contributed by atoms with Crippen molar-refractivity contribution in [2.24, 2.45) is 0 Å². The minimum absolute atomic E-state index is 0.0665. The van der Waals surface area contributed by atoms with Gasteiger partial charge in [-0.3, -0.25) is 0 Å². The normalized spacial score (nSPS) is 12.3. The topological polar surface area (TPSA) is 43.6 Å². The van der Waals surface area contributed by atoms with Gasteiger partial charge in [0.15, 0.2) is 17.5 Å². The van der Waals surface area contributed by atoms with Crippen molar-refractivity contribution < 1.29 is 5.48 Å². The molecule has 0 spiro atoms. The molecule has 0 aliphatic rings. The minimum Gasteiger partial charge on any atom is -0.309 e. The van der Waals surface area contributed by atoms with Gasteiger partial charge in [-0.05, 0) is 75.8 Å². The predicted octanol–water partition coefficient (Wildman–Crippen LogP) is 13.0. The second-order valence-corrected chi connectivity index (χ2v) is 13.4. The molecule has 0 aliphatic heterocycles. The first kappa shape index (κ1) is 28.1. The highest BCUT2D eigenvalue weighted by molar-refractivity contribution is 6.10. The Morgan fingerprint density at radius 3 is 1.36 bits per heavy atom. The van der Waals surface area contributed by atoms with Crippen LogP contribution in [0.4, 0.5) is 0 Å². The second kappa shape index (κ2) is 13.8. The Morgan fingerprint density at radius 2 is 0.745 bits per heavy atom. The van der Waals surface area contributed by atoms with Crippen LogP contribution in [0.15, 0.2) is 206 Å². The fourth-order valence-corrected chi connectivity index (χ4v) is 7.23. The Labute approximate surface area is 325 Å². The van der Waals surface area contributed by atoms with Crippen molar-refractivity contribution in [3.05, 3.63) is 206 Å². The van der Waals surface area contributed by atoms with E-state index in [-0.39, 0.29) is 24.2 Å². The van der Waals surface area contributed by atoms with Crippen molar-refractivity contribution in [1.29, 1.82) is 0 Å². The van der Waals surface area contributed by atoms with Gasteiger partial charge >= 0.3 is 0 Å². The Bertz CT molecular complexity index is 3170. The quantitative estimate of drug-likeness (QED) is 0.166. The molecule has 8 aromatic carbocycles. The van der Waals surface area contributed by atoms with Crippen LogP contribution < -0.4 is 0 Å². The Morgan fingerprint density at radius 1 is 0.327 bits per heavy atom. The summed E-state index contributed by atoms with van der Waals surface area (Å²) in [7, 11) is 0. The molecule has 4 heteroatoms. The first-order valence-electron chi connectivity index (χ1n) is 20.2. The van der Waals surface area contributed by atoms with Crippen molar-refractivity contribution in [1.82, 2.24) is 19.5 Å². The number of nitrogens with zero attached hydrogens (tertiary/aromatic N) is 4. The van der Waals surface area contributed by atoms with E-state index in [0.717, 1.165) is 66.7 Å². The molecule has 4 nitrogen and oxygen atoms in total. The van der Waals surface area contributed by atoms with Gasteiger partial charge in [-0.1, -0.05) is 164 Å². The molecule has 55 heavy (non-hydrogen) atoms. The van der Waals surface area contributed by atoms with Crippen molar-refractivity contribution >= 4 is 21.8 Å². The molecule has 0 saturated heterocycles. The summed E-state index contributed by atoms with van der Waals surface area (Å²) >= 11 is 0. The van der Waals surface area contributed by atoms with E-state index in [1.165, 1.54) is 0 Å². The predicted molar refractivity (Wildman–Crippen MR) is 227 cm³/mol. The number of benzene rings is 8. The van der Waals surface area contributed by atoms with Gasteiger partial charge in [-0.25, -0.2) is 15.0 Å². The zero-order valence-corrected chi connectivity index (χ0v) is 29.6. The van der Waals surface area contributed by atoms with Gasteiger partial charge in [-0.15, -0.1) is 0 Å². The summed E-state index contributed by atoms with van der Waals surface area (Å²) in [5.74, 6) is 1.63. The lowest BCUT2D eigenvalue weighted by Gasteiger charge is -2.12. The molecule has 0 radical (unpaired) electrons. The molecular formula is C51H34N4. The third-order valence-corrected chi connectivity index (χ3v) is 10.0. The monoisotopic (exact) mass is 706 g/mol. The van der Waals surface area contributed by atoms with Crippen molar-refractivity contribution in [2.75, 3.05) is 0 Å². The van der Waals surface area contributed by atoms with Gasteiger partial charge in [0.05, 0.1) is 16.5 Å². The molecule has 0 N–H and O–H groups in total. The van der Waals surface area contributed by atoms with E-state index in [1.54, 1.807) is 0 Å². The van der Waals surface area contributed by atoms with E-state index in [2.05, 4.69) is 60.7 Å². The fourth-order valence-electron chi connectivity index (χ4n) is 7.23. The summed E-state index contributed by atoms with van der Waals surface area (Å²) < 4.78 is 37.2.